The molecule has 1 aliphatic rings. The van der Waals surface area contributed by atoms with Crippen molar-refractivity contribution >= 4 is 23.5 Å². The number of nitrogens with zero attached hydrogens (tertiary/aromatic N) is 1. The van der Waals surface area contributed by atoms with Gasteiger partial charge in [0.2, 0.25) is 0 Å². The van der Waals surface area contributed by atoms with Gasteiger partial charge in [-0.05, 0) is 39.2 Å². The van der Waals surface area contributed by atoms with E-state index in [1.165, 1.54) is 25.3 Å². The van der Waals surface area contributed by atoms with Gasteiger partial charge in [-0.1, -0.05) is 26.0 Å². The number of hydrogen-bond acceptors (Lipinski definition) is 8. The summed E-state index contributed by atoms with van der Waals surface area (Å²) in [6, 6.07) is 4.80. The molecule has 0 aromatic heterocycles. The normalized spacial score (nSPS) is 16.8. The average molecular weight is 474 g/mol. The van der Waals surface area contributed by atoms with E-state index in [1.54, 1.807) is 47.6 Å². The zero-order valence-corrected chi connectivity index (χ0v) is 20.4. The lowest BCUT2D eigenvalue weighted by molar-refractivity contribution is -0.384. The first-order valence-corrected chi connectivity index (χ1v) is 10.9. The molecule has 0 radical (unpaired) electrons. The second kappa shape index (κ2) is 11.0. The second-order valence-corrected chi connectivity index (χ2v) is 8.66. The van der Waals surface area contributed by atoms with Crippen LogP contribution >= 0.6 is 0 Å². The van der Waals surface area contributed by atoms with Crippen LogP contribution in [0.15, 0.2) is 46.8 Å². The minimum Gasteiger partial charge on any atom is -0.466 e. The number of carbonyl (C=O) groups is 3. The molecule has 10 heteroatoms. The maximum absolute atomic E-state index is 13.6. The van der Waals surface area contributed by atoms with Crippen LogP contribution in [0.2, 0.25) is 0 Å². The molecule has 34 heavy (non-hydrogen) atoms. The highest BCUT2D eigenvalue weighted by atomic mass is 16.6. The van der Waals surface area contributed by atoms with Crippen molar-refractivity contribution in [3.63, 3.8) is 0 Å². The van der Waals surface area contributed by atoms with Crippen molar-refractivity contribution < 1.29 is 28.8 Å². The molecule has 184 valence electrons. The standard InChI is InChI=1S/C24H31N3O7/c1-12(2)21(24(30)34-13(3)4)26-22(28)18-14(5)25-15(6)19(23(29)33-7)20(18)16-9-8-10-17(11-16)27(31)32/h8-13,20-21,25H,1-7H3,(H,26,28)/t20-,21+/m1/s1. The van der Waals surface area contributed by atoms with E-state index in [2.05, 4.69) is 10.6 Å². The van der Waals surface area contributed by atoms with Crippen molar-refractivity contribution in [1.29, 1.82) is 0 Å². The molecular weight excluding hydrogens is 442 g/mol. The largest absolute Gasteiger partial charge is 0.466 e. The van der Waals surface area contributed by atoms with E-state index < -0.39 is 34.7 Å². The number of allylic oxidation sites excluding steroid dienone is 2. The Bertz CT molecular complexity index is 1060. The van der Waals surface area contributed by atoms with Gasteiger partial charge in [-0.3, -0.25) is 14.9 Å². The lowest BCUT2D eigenvalue weighted by Crippen LogP contribution is -2.48. The third-order valence-electron chi connectivity index (χ3n) is 5.38. The molecule has 1 heterocycles. The van der Waals surface area contributed by atoms with Gasteiger partial charge in [0.25, 0.3) is 11.6 Å². The van der Waals surface area contributed by atoms with Crippen molar-refractivity contribution in [2.24, 2.45) is 5.92 Å². The van der Waals surface area contributed by atoms with Crippen LogP contribution in [0.5, 0.6) is 0 Å². The van der Waals surface area contributed by atoms with Gasteiger partial charge in [-0.15, -0.1) is 0 Å². The summed E-state index contributed by atoms with van der Waals surface area (Å²) >= 11 is 0. The molecule has 0 fully saturated rings. The highest BCUT2D eigenvalue weighted by Crippen LogP contribution is 2.39. The first-order valence-electron chi connectivity index (χ1n) is 10.9. The van der Waals surface area contributed by atoms with Crippen LogP contribution < -0.4 is 10.6 Å². The molecule has 10 nitrogen and oxygen atoms in total. The fraction of sp³-hybridized carbons (Fsp3) is 0.458. The molecule has 0 aliphatic carbocycles. The first kappa shape index (κ1) is 26.6. The van der Waals surface area contributed by atoms with Gasteiger partial charge in [-0.25, -0.2) is 9.59 Å². The number of methoxy groups -OCH3 is 1. The fourth-order valence-electron chi connectivity index (χ4n) is 3.85. The predicted molar refractivity (Wildman–Crippen MR) is 124 cm³/mol. The average Bonchev–Trinajstić information content (AvgIpc) is 2.75. The van der Waals surface area contributed by atoms with Crippen LogP contribution in [0.1, 0.15) is 53.0 Å². The molecule has 1 aliphatic heterocycles. The van der Waals surface area contributed by atoms with Gasteiger partial charge in [0.05, 0.1) is 29.6 Å². The molecule has 0 bridgehead atoms. The topological polar surface area (TPSA) is 137 Å². The number of benzene rings is 1. The summed E-state index contributed by atoms with van der Waals surface area (Å²) in [4.78, 5) is 49.7. The Morgan fingerprint density at radius 2 is 1.71 bits per heavy atom. The summed E-state index contributed by atoms with van der Waals surface area (Å²) in [6.07, 6.45) is -0.364. The third kappa shape index (κ3) is 5.81. The zero-order valence-electron chi connectivity index (χ0n) is 20.4. The molecule has 2 N–H and O–H groups in total. The van der Waals surface area contributed by atoms with E-state index in [0.717, 1.165) is 0 Å². The first-order chi connectivity index (χ1) is 15.9. The molecule has 1 aromatic carbocycles. The Morgan fingerprint density at radius 1 is 1.09 bits per heavy atom. The summed E-state index contributed by atoms with van der Waals surface area (Å²) in [6.45, 7) is 10.3. The number of ether oxygens (including phenoxy) is 2. The number of nitro benzene ring substituents is 1. The van der Waals surface area contributed by atoms with E-state index in [9.17, 15) is 24.5 Å². The van der Waals surface area contributed by atoms with Crippen LogP contribution in [0.3, 0.4) is 0 Å². The molecule has 2 atom stereocenters. The summed E-state index contributed by atoms with van der Waals surface area (Å²) < 4.78 is 10.2. The number of esters is 2. The van der Waals surface area contributed by atoms with E-state index >= 15 is 0 Å². The molecule has 0 saturated heterocycles. The molecule has 1 amide bonds. The minimum absolute atomic E-state index is 0.143. The smallest absolute Gasteiger partial charge is 0.336 e. The van der Waals surface area contributed by atoms with Crippen molar-refractivity contribution in [3.8, 4) is 0 Å². The number of rotatable bonds is 8. The number of dihydropyridines is 1. The maximum atomic E-state index is 13.6. The molecule has 0 unspecified atom stereocenters. The predicted octanol–water partition coefficient (Wildman–Crippen LogP) is 3.10. The lowest BCUT2D eigenvalue weighted by Gasteiger charge is -2.32. The van der Waals surface area contributed by atoms with E-state index in [-0.39, 0.29) is 28.9 Å². The Kier molecular flexibility index (Phi) is 8.56. The van der Waals surface area contributed by atoms with E-state index in [4.69, 9.17) is 9.47 Å². The van der Waals surface area contributed by atoms with Crippen LogP contribution in [0, 0.1) is 16.0 Å². The summed E-state index contributed by atoms with van der Waals surface area (Å²) in [5.74, 6) is -3.09. The molecular formula is C24H31N3O7. The van der Waals surface area contributed by atoms with Crippen molar-refractivity contribution in [2.45, 2.75) is 59.6 Å². The molecule has 2 rings (SSSR count). The molecule has 0 saturated carbocycles. The molecule has 1 aromatic rings. The van der Waals surface area contributed by atoms with Crippen LogP contribution in [-0.4, -0.2) is 42.0 Å². The van der Waals surface area contributed by atoms with E-state index in [1.807, 2.05) is 0 Å². The van der Waals surface area contributed by atoms with Gasteiger partial charge in [-0.2, -0.15) is 0 Å². The Morgan fingerprint density at radius 3 is 2.24 bits per heavy atom. The lowest BCUT2D eigenvalue weighted by atomic mass is 9.79. The fourth-order valence-corrected chi connectivity index (χ4v) is 3.85. The van der Waals surface area contributed by atoms with Crippen LogP contribution in [-0.2, 0) is 23.9 Å². The minimum atomic E-state index is -0.956. The summed E-state index contributed by atoms with van der Waals surface area (Å²) in [5, 5.41) is 17.1. The van der Waals surface area contributed by atoms with Gasteiger partial charge < -0.3 is 20.1 Å². The van der Waals surface area contributed by atoms with Gasteiger partial charge in [0.15, 0.2) is 0 Å². The highest BCUT2D eigenvalue weighted by Gasteiger charge is 2.39. The number of amides is 1. The SMILES string of the molecule is COC(=O)C1=C(C)NC(C)=C(C(=O)N[C@H](C(=O)OC(C)C)C(C)C)[C@H]1c1cccc([N+](=O)[O-])c1. The maximum Gasteiger partial charge on any atom is 0.336 e. The van der Waals surface area contributed by atoms with Crippen molar-refractivity contribution in [2.75, 3.05) is 7.11 Å². The third-order valence-corrected chi connectivity index (χ3v) is 5.38. The van der Waals surface area contributed by atoms with Crippen molar-refractivity contribution in [3.05, 3.63) is 62.5 Å². The number of carbonyl (C=O) groups excluding carboxylic acids is 3. The van der Waals surface area contributed by atoms with Gasteiger partial charge in [0.1, 0.15) is 6.04 Å². The monoisotopic (exact) mass is 473 g/mol. The van der Waals surface area contributed by atoms with Gasteiger partial charge >= 0.3 is 11.9 Å². The summed E-state index contributed by atoms with van der Waals surface area (Å²) in [5.41, 5.74) is 1.37. The van der Waals surface area contributed by atoms with Crippen molar-refractivity contribution in [1.82, 2.24) is 10.6 Å². The quantitative estimate of drug-likeness (QED) is 0.334. The Labute approximate surface area is 198 Å². The number of nitro groups is 1. The van der Waals surface area contributed by atoms with Crippen LogP contribution in [0.4, 0.5) is 5.69 Å². The number of non-ortho nitro benzene ring substituents is 1. The highest BCUT2D eigenvalue weighted by molar-refractivity contribution is 6.03. The summed E-state index contributed by atoms with van der Waals surface area (Å²) in [7, 11) is 1.22. The molecule has 0 spiro atoms. The number of hydrogen-bond donors (Lipinski definition) is 2. The number of nitrogens with one attached hydrogen (secondary N) is 2. The van der Waals surface area contributed by atoms with Crippen LogP contribution in [0.25, 0.3) is 0 Å². The zero-order chi connectivity index (χ0) is 25.7. The Hall–Kier alpha value is -3.69. The van der Waals surface area contributed by atoms with Gasteiger partial charge in [0, 0.05) is 29.1 Å². The van der Waals surface area contributed by atoms with E-state index in [0.29, 0.717) is 17.0 Å². The Balaban J connectivity index is 2.61. The second-order valence-electron chi connectivity index (χ2n) is 8.66.